The number of hydrogen-bond acceptors (Lipinski definition) is 6. The Hall–Kier alpha value is -2.71. The summed E-state index contributed by atoms with van der Waals surface area (Å²) in [7, 11) is 0. The first-order valence-corrected chi connectivity index (χ1v) is 5.84. The number of pyridine rings is 1. The summed E-state index contributed by atoms with van der Waals surface area (Å²) < 4.78 is 4.97. The maximum absolute atomic E-state index is 11.4. The van der Waals surface area contributed by atoms with Crippen LogP contribution >= 0.6 is 0 Å². The molecule has 0 unspecified atom stereocenters. The first kappa shape index (κ1) is 15.3. The van der Waals surface area contributed by atoms with E-state index in [9.17, 15) is 19.7 Å². The number of urea groups is 1. The van der Waals surface area contributed by atoms with Gasteiger partial charge in [-0.3, -0.25) is 10.1 Å². The van der Waals surface area contributed by atoms with Gasteiger partial charge in [0, 0.05) is 6.54 Å². The Balaban J connectivity index is 2.49. The van der Waals surface area contributed by atoms with E-state index in [1.807, 2.05) is 12.2 Å². The highest BCUT2D eigenvalue weighted by atomic mass is 16.6. The topological polar surface area (TPSA) is 123 Å². The largest absolute Gasteiger partial charge is 0.476 e. The second-order valence-electron chi connectivity index (χ2n) is 3.68. The minimum Gasteiger partial charge on any atom is -0.476 e. The molecule has 0 fully saturated rings. The van der Waals surface area contributed by atoms with Gasteiger partial charge in [0.05, 0.1) is 0 Å². The molecular formula is C11H14N4O5. The van der Waals surface area contributed by atoms with E-state index in [4.69, 9.17) is 4.74 Å². The molecule has 0 aliphatic heterocycles. The molecule has 108 valence electrons. The number of nitrogens with one attached hydrogen (secondary N) is 2. The first-order chi connectivity index (χ1) is 9.54. The van der Waals surface area contributed by atoms with Gasteiger partial charge in [-0.2, -0.15) is 0 Å². The van der Waals surface area contributed by atoms with Gasteiger partial charge in [0.25, 0.3) is 5.91 Å². The number of hydrogen-bond donors (Lipinski definition) is 2. The predicted molar refractivity (Wildman–Crippen MR) is 68.2 cm³/mol. The van der Waals surface area contributed by atoms with Crippen LogP contribution < -0.4 is 15.4 Å². The van der Waals surface area contributed by atoms with E-state index >= 15 is 0 Å². The molecule has 1 rings (SSSR count). The number of nitrogens with zero attached hydrogens (tertiary/aromatic N) is 2. The van der Waals surface area contributed by atoms with Gasteiger partial charge in [0.15, 0.2) is 6.61 Å². The Kier molecular flexibility index (Phi) is 5.88. The molecule has 20 heavy (non-hydrogen) atoms. The van der Waals surface area contributed by atoms with Gasteiger partial charge in [-0.1, -0.05) is 6.92 Å². The average Bonchev–Trinajstić information content (AvgIpc) is 2.43. The molecular weight excluding hydrogens is 268 g/mol. The van der Waals surface area contributed by atoms with Crippen molar-refractivity contribution in [3.63, 3.8) is 0 Å². The summed E-state index contributed by atoms with van der Waals surface area (Å²) in [6, 6.07) is 2.12. The fourth-order valence-corrected chi connectivity index (χ4v) is 1.22. The van der Waals surface area contributed by atoms with Gasteiger partial charge in [-0.05, 0) is 28.5 Å². The third kappa shape index (κ3) is 4.88. The van der Waals surface area contributed by atoms with Crippen molar-refractivity contribution in [2.24, 2.45) is 0 Å². The molecule has 0 aromatic carbocycles. The molecule has 0 saturated heterocycles. The van der Waals surface area contributed by atoms with E-state index in [-0.39, 0.29) is 5.75 Å². The molecule has 0 spiro atoms. The summed E-state index contributed by atoms with van der Waals surface area (Å²) in [6.07, 6.45) is 1.98. The second-order valence-corrected chi connectivity index (χ2v) is 3.68. The molecule has 1 heterocycles. The summed E-state index contributed by atoms with van der Waals surface area (Å²) in [4.78, 5) is 36.0. The fraction of sp³-hybridized carbons (Fsp3) is 0.364. The fourth-order valence-electron chi connectivity index (χ4n) is 1.22. The number of aromatic nitrogens is 1. The van der Waals surface area contributed by atoms with Crippen molar-refractivity contribution in [2.75, 3.05) is 13.2 Å². The lowest BCUT2D eigenvalue weighted by atomic mass is 10.4. The highest BCUT2D eigenvalue weighted by molar-refractivity contribution is 5.95. The number of rotatable bonds is 6. The standard InChI is InChI=1S/C11H14N4O5/c1-2-5-13-11(17)14-9(16)7-20-8-4-3-6-12-10(8)15(18)19/h3-4,6H,2,5,7H2,1H3,(H2,13,14,16,17). The third-order valence-electron chi connectivity index (χ3n) is 2.07. The van der Waals surface area contributed by atoms with E-state index < -0.39 is 29.3 Å². The van der Waals surface area contributed by atoms with Gasteiger partial charge in [-0.15, -0.1) is 0 Å². The monoisotopic (exact) mass is 282 g/mol. The molecule has 9 nitrogen and oxygen atoms in total. The van der Waals surface area contributed by atoms with E-state index in [1.54, 1.807) is 0 Å². The van der Waals surface area contributed by atoms with Gasteiger partial charge < -0.3 is 20.2 Å². The summed E-state index contributed by atoms with van der Waals surface area (Å²) in [5.74, 6) is -1.34. The molecule has 0 bridgehead atoms. The van der Waals surface area contributed by atoms with Crippen LogP contribution in [-0.4, -0.2) is 35.0 Å². The maximum atomic E-state index is 11.4. The van der Waals surface area contributed by atoms with Crippen molar-refractivity contribution in [3.8, 4) is 5.75 Å². The molecule has 1 aromatic rings. The molecule has 2 N–H and O–H groups in total. The maximum Gasteiger partial charge on any atom is 0.406 e. The molecule has 3 amide bonds. The highest BCUT2D eigenvalue weighted by Gasteiger charge is 2.17. The van der Waals surface area contributed by atoms with E-state index in [0.29, 0.717) is 6.54 Å². The van der Waals surface area contributed by atoms with Gasteiger partial charge >= 0.3 is 11.8 Å². The van der Waals surface area contributed by atoms with Crippen LogP contribution in [0.15, 0.2) is 18.3 Å². The van der Waals surface area contributed by atoms with Gasteiger partial charge in [0.2, 0.25) is 5.75 Å². The first-order valence-electron chi connectivity index (χ1n) is 5.84. The smallest absolute Gasteiger partial charge is 0.406 e. The highest BCUT2D eigenvalue weighted by Crippen LogP contribution is 2.22. The zero-order valence-corrected chi connectivity index (χ0v) is 10.8. The number of carbonyl (C=O) groups is 2. The second kappa shape index (κ2) is 7.67. The minimum absolute atomic E-state index is 0.137. The lowest BCUT2D eigenvalue weighted by Crippen LogP contribution is -2.41. The van der Waals surface area contributed by atoms with Crippen LogP contribution in [0.1, 0.15) is 13.3 Å². The van der Waals surface area contributed by atoms with Gasteiger partial charge in [-0.25, -0.2) is 4.79 Å². The number of imide groups is 1. The Morgan fingerprint density at radius 3 is 2.90 bits per heavy atom. The minimum atomic E-state index is -0.721. The zero-order valence-electron chi connectivity index (χ0n) is 10.8. The predicted octanol–water partition coefficient (Wildman–Crippen LogP) is 0.604. The number of carbonyl (C=O) groups excluding carboxylic acids is 2. The van der Waals surface area contributed by atoms with Gasteiger partial charge in [0.1, 0.15) is 6.20 Å². The number of nitro groups is 1. The quantitative estimate of drug-likeness (QED) is 0.581. The van der Waals surface area contributed by atoms with Crippen molar-refractivity contribution in [1.82, 2.24) is 15.6 Å². The molecule has 0 radical (unpaired) electrons. The summed E-state index contributed by atoms with van der Waals surface area (Å²) in [6.45, 7) is 1.78. The Morgan fingerprint density at radius 1 is 1.50 bits per heavy atom. The lowest BCUT2D eigenvalue weighted by molar-refractivity contribution is -0.390. The van der Waals surface area contributed by atoms with Crippen molar-refractivity contribution >= 4 is 17.8 Å². The molecule has 0 saturated carbocycles. The van der Waals surface area contributed by atoms with Crippen molar-refractivity contribution < 1.29 is 19.2 Å². The zero-order chi connectivity index (χ0) is 15.0. The molecule has 0 atom stereocenters. The Bertz CT molecular complexity index is 505. The van der Waals surface area contributed by atoms with E-state index in [1.165, 1.54) is 18.3 Å². The normalized spacial score (nSPS) is 9.65. The van der Waals surface area contributed by atoms with Crippen LogP contribution in [0, 0.1) is 10.1 Å². The Labute approximate surface area is 114 Å². The molecule has 0 aliphatic carbocycles. The van der Waals surface area contributed by atoms with Crippen molar-refractivity contribution in [2.45, 2.75) is 13.3 Å². The average molecular weight is 282 g/mol. The van der Waals surface area contributed by atoms with E-state index in [0.717, 1.165) is 6.42 Å². The van der Waals surface area contributed by atoms with Crippen molar-refractivity contribution in [1.29, 1.82) is 0 Å². The summed E-state index contributed by atoms with van der Waals surface area (Å²) in [5, 5.41) is 15.1. The van der Waals surface area contributed by atoms with E-state index in [2.05, 4.69) is 10.3 Å². The van der Waals surface area contributed by atoms with Crippen LogP contribution in [0.3, 0.4) is 0 Å². The third-order valence-corrected chi connectivity index (χ3v) is 2.07. The molecule has 1 aromatic heterocycles. The number of amides is 3. The van der Waals surface area contributed by atoms with Crippen LogP contribution in [0.4, 0.5) is 10.6 Å². The Morgan fingerprint density at radius 2 is 2.25 bits per heavy atom. The van der Waals surface area contributed by atoms with Crippen LogP contribution in [-0.2, 0) is 4.79 Å². The van der Waals surface area contributed by atoms with Crippen molar-refractivity contribution in [3.05, 3.63) is 28.4 Å². The van der Waals surface area contributed by atoms with Crippen LogP contribution in [0.5, 0.6) is 5.75 Å². The van der Waals surface area contributed by atoms with Crippen LogP contribution in [0.2, 0.25) is 0 Å². The lowest BCUT2D eigenvalue weighted by Gasteiger charge is -2.07. The molecule has 9 heteroatoms. The SMILES string of the molecule is CCCNC(=O)NC(=O)COc1cccnc1[N+](=O)[O-]. The molecule has 0 aliphatic rings. The number of ether oxygens (including phenoxy) is 1. The van der Waals surface area contributed by atoms with Crippen LogP contribution in [0.25, 0.3) is 0 Å². The summed E-state index contributed by atoms with van der Waals surface area (Å²) >= 11 is 0. The summed E-state index contributed by atoms with van der Waals surface area (Å²) in [5.41, 5.74) is 0.